The van der Waals surface area contributed by atoms with Gasteiger partial charge in [0.2, 0.25) is 5.91 Å². The van der Waals surface area contributed by atoms with Crippen LogP contribution in [0.5, 0.6) is 0 Å². The quantitative estimate of drug-likeness (QED) is 0.860. The first-order chi connectivity index (χ1) is 9.24. The van der Waals surface area contributed by atoms with Crippen molar-refractivity contribution in [3.63, 3.8) is 0 Å². The molecule has 5 heteroatoms. The lowest BCUT2D eigenvalue weighted by Crippen LogP contribution is -2.51. The van der Waals surface area contributed by atoms with Crippen LogP contribution in [0.2, 0.25) is 0 Å². The Balaban J connectivity index is 1.59. The zero-order valence-electron chi connectivity index (χ0n) is 10.9. The third-order valence-corrected chi connectivity index (χ3v) is 3.46. The second-order valence-corrected chi connectivity index (χ2v) is 4.93. The summed E-state index contributed by atoms with van der Waals surface area (Å²) in [6, 6.07) is 5.88. The van der Waals surface area contributed by atoms with Gasteiger partial charge in [-0.3, -0.25) is 4.79 Å². The van der Waals surface area contributed by atoms with Crippen molar-refractivity contribution >= 4 is 17.0 Å². The number of para-hydroxylation sites is 1. The zero-order chi connectivity index (χ0) is 13.2. The van der Waals surface area contributed by atoms with Crippen LogP contribution in [0.4, 0.5) is 0 Å². The van der Waals surface area contributed by atoms with Crippen LogP contribution in [0.15, 0.2) is 22.6 Å². The van der Waals surface area contributed by atoms with Gasteiger partial charge in [0.25, 0.3) is 0 Å². The summed E-state index contributed by atoms with van der Waals surface area (Å²) in [5.41, 5.74) is 2.83. The molecular formula is C14H17N3O2. The molecule has 100 valence electrons. The molecule has 3 rings (SSSR count). The molecule has 1 aliphatic rings. The van der Waals surface area contributed by atoms with Gasteiger partial charge in [0, 0.05) is 26.1 Å². The lowest BCUT2D eigenvalue weighted by Gasteiger charge is -2.25. The summed E-state index contributed by atoms with van der Waals surface area (Å²) in [6.45, 7) is 4.16. The second kappa shape index (κ2) is 5.01. The first-order valence-electron chi connectivity index (χ1n) is 6.57. The van der Waals surface area contributed by atoms with Gasteiger partial charge in [-0.1, -0.05) is 12.1 Å². The summed E-state index contributed by atoms with van der Waals surface area (Å²) in [5.74, 6) is 0.924. The lowest BCUT2D eigenvalue weighted by atomic mass is 10.0. The highest BCUT2D eigenvalue weighted by atomic mass is 16.3. The fourth-order valence-electron chi connectivity index (χ4n) is 2.15. The highest BCUT2D eigenvalue weighted by Crippen LogP contribution is 2.18. The predicted octanol–water partition coefficient (Wildman–Crippen LogP) is 1.01. The molecular weight excluding hydrogens is 242 g/mol. The molecule has 2 N–H and O–H groups in total. The van der Waals surface area contributed by atoms with E-state index in [0.29, 0.717) is 18.9 Å². The van der Waals surface area contributed by atoms with E-state index < -0.39 is 0 Å². The lowest BCUT2D eigenvalue weighted by molar-refractivity contribution is -0.126. The van der Waals surface area contributed by atoms with Gasteiger partial charge in [0.05, 0.1) is 5.92 Å². The molecule has 0 saturated carbocycles. The van der Waals surface area contributed by atoms with Crippen molar-refractivity contribution in [2.24, 2.45) is 5.92 Å². The van der Waals surface area contributed by atoms with Gasteiger partial charge in [-0.05, 0) is 18.6 Å². The molecule has 2 heterocycles. The highest BCUT2D eigenvalue weighted by molar-refractivity contribution is 5.80. The summed E-state index contributed by atoms with van der Waals surface area (Å²) in [6.07, 6.45) is 0.625. The van der Waals surface area contributed by atoms with E-state index in [4.69, 9.17) is 4.42 Å². The number of amides is 1. The van der Waals surface area contributed by atoms with Crippen molar-refractivity contribution in [2.75, 3.05) is 19.6 Å². The molecule has 1 aromatic heterocycles. The molecule has 0 spiro atoms. The summed E-state index contributed by atoms with van der Waals surface area (Å²) < 4.78 is 5.66. The maximum atomic E-state index is 11.6. The first-order valence-corrected chi connectivity index (χ1v) is 6.57. The number of aromatic nitrogens is 1. The fourth-order valence-corrected chi connectivity index (χ4v) is 2.15. The highest BCUT2D eigenvalue weighted by Gasteiger charge is 2.24. The number of oxazole rings is 1. The van der Waals surface area contributed by atoms with Crippen molar-refractivity contribution in [1.82, 2.24) is 15.6 Å². The van der Waals surface area contributed by atoms with Crippen LogP contribution in [0, 0.1) is 12.8 Å². The Bertz CT molecular complexity index is 602. The summed E-state index contributed by atoms with van der Waals surface area (Å²) in [7, 11) is 0. The van der Waals surface area contributed by atoms with Gasteiger partial charge < -0.3 is 15.1 Å². The minimum Gasteiger partial charge on any atom is -0.441 e. The van der Waals surface area contributed by atoms with Crippen molar-refractivity contribution in [1.29, 1.82) is 0 Å². The molecule has 1 fully saturated rings. The van der Waals surface area contributed by atoms with Crippen LogP contribution in [0.25, 0.3) is 11.1 Å². The fraction of sp³-hybridized carbons (Fsp3) is 0.429. The van der Waals surface area contributed by atoms with E-state index in [-0.39, 0.29) is 11.8 Å². The topological polar surface area (TPSA) is 67.2 Å². The molecule has 1 amide bonds. The summed E-state index contributed by atoms with van der Waals surface area (Å²) in [4.78, 5) is 16.1. The molecule has 0 atom stereocenters. The molecule has 5 nitrogen and oxygen atoms in total. The Morgan fingerprint density at radius 3 is 3.05 bits per heavy atom. The smallest absolute Gasteiger partial charge is 0.225 e. The number of fused-ring (bicyclic) bond motifs is 1. The number of nitrogens with one attached hydrogen (secondary N) is 2. The van der Waals surface area contributed by atoms with Gasteiger partial charge in [-0.15, -0.1) is 0 Å². The second-order valence-electron chi connectivity index (χ2n) is 4.93. The van der Waals surface area contributed by atoms with E-state index >= 15 is 0 Å². The molecule has 2 aromatic rings. The standard InChI is InChI=1S/C14H17N3O2/c1-9-3-2-4-11-13(9)17-12(19-11)5-6-16-14(18)10-7-15-8-10/h2-4,10,15H,5-8H2,1H3,(H,16,18). The molecule has 0 bridgehead atoms. The van der Waals surface area contributed by atoms with Crippen molar-refractivity contribution in [2.45, 2.75) is 13.3 Å². The van der Waals surface area contributed by atoms with Gasteiger partial charge in [-0.25, -0.2) is 4.98 Å². The molecule has 1 aromatic carbocycles. The van der Waals surface area contributed by atoms with Crippen LogP contribution >= 0.6 is 0 Å². The minimum absolute atomic E-state index is 0.117. The van der Waals surface area contributed by atoms with Gasteiger partial charge in [0.1, 0.15) is 5.52 Å². The van der Waals surface area contributed by atoms with Gasteiger partial charge in [-0.2, -0.15) is 0 Å². The predicted molar refractivity (Wildman–Crippen MR) is 71.8 cm³/mol. The SMILES string of the molecule is Cc1cccc2oc(CCNC(=O)C3CNC3)nc12. The van der Waals surface area contributed by atoms with Crippen LogP contribution in [0.1, 0.15) is 11.5 Å². The van der Waals surface area contributed by atoms with Crippen molar-refractivity contribution in [3.05, 3.63) is 29.7 Å². The number of benzene rings is 1. The summed E-state index contributed by atoms with van der Waals surface area (Å²) in [5, 5.41) is 6.00. The Morgan fingerprint density at radius 2 is 2.37 bits per heavy atom. The maximum Gasteiger partial charge on any atom is 0.225 e. The molecule has 1 aliphatic heterocycles. The van der Waals surface area contributed by atoms with Gasteiger partial charge >= 0.3 is 0 Å². The molecule has 1 saturated heterocycles. The number of hydrogen-bond acceptors (Lipinski definition) is 4. The number of nitrogens with zero attached hydrogens (tertiary/aromatic N) is 1. The van der Waals surface area contributed by atoms with Crippen LogP contribution in [-0.2, 0) is 11.2 Å². The number of carbonyl (C=O) groups excluding carboxylic acids is 1. The maximum absolute atomic E-state index is 11.6. The molecule has 19 heavy (non-hydrogen) atoms. The number of hydrogen-bond donors (Lipinski definition) is 2. The number of rotatable bonds is 4. The summed E-state index contributed by atoms with van der Waals surface area (Å²) >= 11 is 0. The Hall–Kier alpha value is -1.88. The Kier molecular flexibility index (Phi) is 3.21. The third kappa shape index (κ3) is 2.46. The molecule has 0 aliphatic carbocycles. The van der Waals surface area contributed by atoms with Crippen molar-refractivity contribution in [3.8, 4) is 0 Å². The van der Waals surface area contributed by atoms with E-state index in [2.05, 4.69) is 15.6 Å². The average molecular weight is 259 g/mol. The van der Waals surface area contributed by atoms with E-state index in [1.54, 1.807) is 0 Å². The average Bonchev–Trinajstić information content (AvgIpc) is 2.71. The normalized spacial score (nSPS) is 15.4. The van der Waals surface area contributed by atoms with Crippen molar-refractivity contribution < 1.29 is 9.21 Å². The minimum atomic E-state index is 0.117. The molecule has 0 unspecified atom stereocenters. The number of carbonyl (C=O) groups is 1. The largest absolute Gasteiger partial charge is 0.441 e. The number of aryl methyl sites for hydroxylation is 1. The van der Waals surface area contributed by atoms with E-state index in [9.17, 15) is 4.79 Å². The monoisotopic (exact) mass is 259 g/mol. The van der Waals surface area contributed by atoms with Gasteiger partial charge in [0.15, 0.2) is 11.5 Å². The van der Waals surface area contributed by atoms with Crippen LogP contribution < -0.4 is 10.6 Å². The Labute approximate surface area is 111 Å². The first kappa shape index (κ1) is 12.2. The van der Waals surface area contributed by atoms with E-state index in [0.717, 1.165) is 29.8 Å². The zero-order valence-corrected chi connectivity index (χ0v) is 10.9. The van der Waals surface area contributed by atoms with E-state index in [1.807, 2.05) is 25.1 Å². The Morgan fingerprint density at radius 1 is 1.53 bits per heavy atom. The molecule has 0 radical (unpaired) electrons. The third-order valence-electron chi connectivity index (χ3n) is 3.46. The van der Waals surface area contributed by atoms with Crippen LogP contribution in [-0.4, -0.2) is 30.5 Å². The van der Waals surface area contributed by atoms with E-state index in [1.165, 1.54) is 0 Å². The van der Waals surface area contributed by atoms with Crippen LogP contribution in [0.3, 0.4) is 0 Å².